The van der Waals surface area contributed by atoms with Gasteiger partial charge in [-0.3, -0.25) is 14.5 Å². The zero-order chi connectivity index (χ0) is 14.0. The number of hydrogen-bond donors (Lipinski definition) is 0. The second kappa shape index (κ2) is 5.57. The zero-order valence-electron chi connectivity index (χ0n) is 10.8. The first-order chi connectivity index (χ1) is 9.06. The van der Waals surface area contributed by atoms with E-state index in [-0.39, 0.29) is 23.2 Å². The lowest BCUT2D eigenvalue weighted by Crippen LogP contribution is -2.38. The Hall–Kier alpha value is -1.61. The topological polar surface area (TPSA) is 37.4 Å². The van der Waals surface area contributed by atoms with Crippen LogP contribution in [0.15, 0.2) is 36.9 Å². The van der Waals surface area contributed by atoms with E-state index in [0.717, 1.165) is 6.42 Å². The molecular weight excluding hydrogens is 262 g/mol. The van der Waals surface area contributed by atoms with E-state index in [2.05, 4.69) is 6.58 Å². The Morgan fingerprint density at radius 2 is 1.74 bits per heavy atom. The van der Waals surface area contributed by atoms with Crippen LogP contribution < -0.4 is 0 Å². The van der Waals surface area contributed by atoms with Gasteiger partial charge in [-0.1, -0.05) is 18.2 Å². The highest BCUT2D eigenvalue weighted by molar-refractivity contribution is 6.21. The Morgan fingerprint density at radius 1 is 1.21 bits per heavy atom. The minimum absolute atomic E-state index is 0.0117. The van der Waals surface area contributed by atoms with Crippen LogP contribution in [0.25, 0.3) is 0 Å². The molecule has 19 heavy (non-hydrogen) atoms. The molecule has 0 saturated heterocycles. The standard InChI is InChI=1S/C15H16ClNO2/c1-3-11(9-8-10(2)16)17-14(18)12-6-4-5-7-13(12)15(17)19/h3-7,10-11H,1,8-9H2,2H3. The summed E-state index contributed by atoms with van der Waals surface area (Å²) in [6.45, 7) is 5.62. The molecule has 0 fully saturated rings. The van der Waals surface area contributed by atoms with Crippen molar-refractivity contribution in [2.45, 2.75) is 31.2 Å². The van der Waals surface area contributed by atoms with Crippen LogP contribution >= 0.6 is 11.6 Å². The minimum atomic E-state index is -0.298. The van der Waals surface area contributed by atoms with Gasteiger partial charge in [-0.25, -0.2) is 0 Å². The summed E-state index contributed by atoms with van der Waals surface area (Å²) in [5.74, 6) is -0.486. The third-order valence-electron chi connectivity index (χ3n) is 3.29. The van der Waals surface area contributed by atoms with E-state index in [0.29, 0.717) is 17.5 Å². The molecule has 4 heteroatoms. The third-order valence-corrected chi connectivity index (χ3v) is 3.51. The van der Waals surface area contributed by atoms with E-state index in [1.54, 1.807) is 30.3 Å². The number of alkyl halides is 1. The third kappa shape index (κ3) is 2.56. The van der Waals surface area contributed by atoms with E-state index in [1.165, 1.54) is 4.90 Å². The van der Waals surface area contributed by atoms with Gasteiger partial charge in [0.2, 0.25) is 0 Å². The van der Waals surface area contributed by atoms with E-state index in [1.807, 2.05) is 6.92 Å². The summed E-state index contributed by atoms with van der Waals surface area (Å²) in [6.07, 6.45) is 3.01. The minimum Gasteiger partial charge on any atom is -0.269 e. The monoisotopic (exact) mass is 277 g/mol. The molecule has 2 rings (SSSR count). The van der Waals surface area contributed by atoms with Gasteiger partial charge in [0.05, 0.1) is 17.2 Å². The lowest BCUT2D eigenvalue weighted by Gasteiger charge is -2.23. The van der Waals surface area contributed by atoms with E-state index >= 15 is 0 Å². The van der Waals surface area contributed by atoms with Crippen molar-refractivity contribution in [2.24, 2.45) is 0 Å². The molecule has 1 aromatic rings. The Labute approximate surface area is 117 Å². The highest BCUT2D eigenvalue weighted by Gasteiger charge is 2.38. The molecule has 1 heterocycles. The van der Waals surface area contributed by atoms with Crippen molar-refractivity contribution in [3.8, 4) is 0 Å². The number of carbonyl (C=O) groups is 2. The summed E-state index contributed by atoms with van der Waals surface area (Å²) >= 11 is 5.92. The van der Waals surface area contributed by atoms with Gasteiger partial charge in [-0.15, -0.1) is 18.2 Å². The van der Waals surface area contributed by atoms with E-state index < -0.39 is 0 Å². The fourth-order valence-electron chi connectivity index (χ4n) is 2.26. The molecule has 0 radical (unpaired) electrons. The average Bonchev–Trinajstić information content (AvgIpc) is 2.65. The summed E-state index contributed by atoms with van der Waals surface area (Å²) in [5, 5.41) is 0.0117. The number of amides is 2. The molecule has 2 atom stereocenters. The van der Waals surface area contributed by atoms with Crippen molar-refractivity contribution >= 4 is 23.4 Å². The summed E-state index contributed by atoms with van der Waals surface area (Å²) in [5.41, 5.74) is 0.941. The van der Waals surface area contributed by atoms with Crippen LogP contribution in [0.4, 0.5) is 0 Å². The number of rotatable bonds is 5. The molecule has 0 aromatic heterocycles. The molecule has 2 amide bonds. The number of carbonyl (C=O) groups excluding carboxylic acids is 2. The van der Waals surface area contributed by atoms with Crippen LogP contribution in [0.2, 0.25) is 0 Å². The smallest absolute Gasteiger partial charge is 0.262 e. The lowest BCUT2D eigenvalue weighted by atomic mass is 10.1. The molecule has 3 nitrogen and oxygen atoms in total. The quantitative estimate of drug-likeness (QED) is 0.471. The Bertz CT molecular complexity index is 490. The van der Waals surface area contributed by atoms with Gasteiger partial charge < -0.3 is 0 Å². The van der Waals surface area contributed by atoms with Crippen LogP contribution in [-0.2, 0) is 0 Å². The maximum atomic E-state index is 12.3. The van der Waals surface area contributed by atoms with Gasteiger partial charge >= 0.3 is 0 Å². The highest BCUT2D eigenvalue weighted by Crippen LogP contribution is 2.26. The van der Waals surface area contributed by atoms with Crippen molar-refractivity contribution in [3.05, 3.63) is 48.0 Å². The number of benzene rings is 1. The zero-order valence-corrected chi connectivity index (χ0v) is 11.6. The first-order valence-corrected chi connectivity index (χ1v) is 6.73. The second-order valence-corrected chi connectivity index (χ2v) is 5.43. The number of halogens is 1. The van der Waals surface area contributed by atoms with Crippen molar-refractivity contribution in [1.82, 2.24) is 4.90 Å². The van der Waals surface area contributed by atoms with Crippen LogP contribution in [0.3, 0.4) is 0 Å². The molecule has 0 N–H and O–H groups in total. The first kappa shape index (κ1) is 13.8. The first-order valence-electron chi connectivity index (χ1n) is 6.29. The summed E-state index contributed by atoms with van der Waals surface area (Å²) in [4.78, 5) is 25.8. The predicted molar refractivity (Wildman–Crippen MR) is 75.5 cm³/mol. The summed E-state index contributed by atoms with van der Waals surface area (Å²) in [6, 6.07) is 6.59. The van der Waals surface area contributed by atoms with E-state index in [4.69, 9.17) is 11.6 Å². The lowest BCUT2D eigenvalue weighted by molar-refractivity contribution is 0.0608. The SMILES string of the molecule is C=CC(CCC(C)Cl)N1C(=O)c2ccccc2C1=O. The van der Waals surface area contributed by atoms with Gasteiger partial charge in [0.1, 0.15) is 0 Å². The number of hydrogen-bond acceptors (Lipinski definition) is 2. The number of fused-ring (bicyclic) bond motifs is 1. The highest BCUT2D eigenvalue weighted by atomic mass is 35.5. The van der Waals surface area contributed by atoms with Gasteiger partial charge in [0.25, 0.3) is 11.8 Å². The maximum Gasteiger partial charge on any atom is 0.262 e. The second-order valence-electron chi connectivity index (χ2n) is 4.69. The molecule has 2 unspecified atom stereocenters. The molecule has 0 saturated carbocycles. The Balaban J connectivity index is 2.24. The molecular formula is C15H16ClNO2. The van der Waals surface area contributed by atoms with Crippen molar-refractivity contribution in [1.29, 1.82) is 0 Å². The summed E-state index contributed by atoms with van der Waals surface area (Å²) < 4.78 is 0. The molecule has 0 spiro atoms. The Morgan fingerprint density at radius 3 is 2.16 bits per heavy atom. The molecule has 1 aliphatic rings. The fourth-order valence-corrected chi connectivity index (χ4v) is 2.39. The van der Waals surface area contributed by atoms with Gasteiger partial charge in [-0.2, -0.15) is 0 Å². The molecule has 1 aromatic carbocycles. The van der Waals surface area contributed by atoms with Gasteiger partial charge in [0.15, 0.2) is 0 Å². The molecule has 0 aliphatic carbocycles. The van der Waals surface area contributed by atoms with Crippen LogP contribution in [0.5, 0.6) is 0 Å². The van der Waals surface area contributed by atoms with E-state index in [9.17, 15) is 9.59 Å². The molecule has 100 valence electrons. The van der Waals surface area contributed by atoms with Crippen LogP contribution in [0.1, 0.15) is 40.5 Å². The van der Waals surface area contributed by atoms with Crippen molar-refractivity contribution in [3.63, 3.8) is 0 Å². The summed E-state index contributed by atoms with van der Waals surface area (Å²) in [7, 11) is 0. The van der Waals surface area contributed by atoms with Crippen molar-refractivity contribution in [2.75, 3.05) is 0 Å². The maximum absolute atomic E-state index is 12.3. The number of imide groups is 1. The largest absolute Gasteiger partial charge is 0.269 e. The predicted octanol–water partition coefficient (Wildman–Crippen LogP) is 3.24. The molecule has 1 aliphatic heterocycles. The van der Waals surface area contributed by atoms with Gasteiger partial charge in [0, 0.05) is 5.38 Å². The average molecular weight is 278 g/mol. The van der Waals surface area contributed by atoms with Gasteiger partial charge in [-0.05, 0) is 31.9 Å². The Kier molecular flexibility index (Phi) is 4.05. The van der Waals surface area contributed by atoms with Crippen molar-refractivity contribution < 1.29 is 9.59 Å². The molecule has 0 bridgehead atoms. The fraction of sp³-hybridized carbons (Fsp3) is 0.333. The number of nitrogens with zero attached hydrogens (tertiary/aromatic N) is 1. The van der Waals surface area contributed by atoms with Crippen LogP contribution in [-0.4, -0.2) is 28.1 Å². The normalized spacial score (nSPS) is 17.3. The van der Waals surface area contributed by atoms with Crippen LogP contribution in [0, 0.1) is 0 Å².